The number of benzene rings is 1. The second-order valence-corrected chi connectivity index (χ2v) is 4.33. The molecule has 0 bridgehead atoms. The van der Waals surface area contributed by atoms with Gasteiger partial charge in [-0.1, -0.05) is 22.0 Å². The molecule has 0 fully saturated rings. The minimum atomic E-state index is -0.414. The molecule has 0 aromatic heterocycles. The monoisotopic (exact) mass is 335 g/mol. The van der Waals surface area contributed by atoms with Crippen LogP contribution in [0.25, 0.3) is 0 Å². The van der Waals surface area contributed by atoms with E-state index in [0.717, 1.165) is 4.47 Å². The van der Waals surface area contributed by atoms with Gasteiger partial charge in [-0.15, -0.1) is 12.4 Å². The molecule has 0 radical (unpaired) electrons. The highest BCUT2D eigenvalue weighted by atomic mass is 79.9. The van der Waals surface area contributed by atoms with Gasteiger partial charge >= 0.3 is 0 Å². The highest BCUT2D eigenvalue weighted by Gasteiger charge is 2.04. The Morgan fingerprint density at radius 2 is 2.00 bits per heavy atom. The van der Waals surface area contributed by atoms with E-state index in [9.17, 15) is 9.59 Å². The number of nitrogens with two attached hydrogens (primary N) is 1. The van der Waals surface area contributed by atoms with E-state index >= 15 is 0 Å². The van der Waals surface area contributed by atoms with Gasteiger partial charge in [0, 0.05) is 23.1 Å². The average Bonchev–Trinajstić information content (AvgIpc) is 2.28. The van der Waals surface area contributed by atoms with E-state index in [0.29, 0.717) is 18.7 Å². The van der Waals surface area contributed by atoms with Gasteiger partial charge in [-0.05, 0) is 18.2 Å². The molecule has 1 aromatic carbocycles. The van der Waals surface area contributed by atoms with E-state index in [1.54, 1.807) is 18.2 Å². The molecule has 0 saturated carbocycles. The Hall–Kier alpha value is -1.11. The van der Waals surface area contributed by atoms with Crippen molar-refractivity contribution in [2.24, 2.45) is 5.73 Å². The number of halogens is 2. The average molecular weight is 337 g/mol. The Bertz CT molecular complexity index is 415. The lowest BCUT2D eigenvalue weighted by Crippen LogP contribution is -2.35. The van der Waals surface area contributed by atoms with Crippen molar-refractivity contribution < 1.29 is 9.59 Å². The molecule has 0 aliphatic carbocycles. The summed E-state index contributed by atoms with van der Waals surface area (Å²) in [4.78, 5) is 22.1. The molecular formula is C11H15BrClN3O2. The minimum Gasteiger partial charge on any atom is -0.369 e. The fourth-order valence-electron chi connectivity index (χ4n) is 1.21. The molecule has 1 aromatic rings. The number of carbonyl (C=O) groups is 2. The number of primary amides is 1. The maximum atomic E-state index is 11.6. The molecule has 0 heterocycles. The van der Waals surface area contributed by atoms with Crippen LogP contribution in [-0.2, 0) is 4.79 Å². The molecule has 100 valence electrons. The second kappa shape index (κ2) is 8.91. The fraction of sp³-hybridized carbons (Fsp3) is 0.273. The first kappa shape index (κ1) is 16.9. The summed E-state index contributed by atoms with van der Waals surface area (Å²) in [5.41, 5.74) is 5.54. The zero-order chi connectivity index (χ0) is 12.7. The van der Waals surface area contributed by atoms with Crippen molar-refractivity contribution in [2.75, 3.05) is 19.6 Å². The number of rotatable bonds is 6. The van der Waals surface area contributed by atoms with Crippen molar-refractivity contribution in [3.8, 4) is 0 Å². The van der Waals surface area contributed by atoms with Crippen LogP contribution in [0.5, 0.6) is 0 Å². The summed E-state index contributed by atoms with van der Waals surface area (Å²) >= 11 is 3.30. The summed E-state index contributed by atoms with van der Waals surface area (Å²) in [6, 6.07) is 7.12. The van der Waals surface area contributed by atoms with Crippen molar-refractivity contribution in [2.45, 2.75) is 0 Å². The molecular weight excluding hydrogens is 321 g/mol. The van der Waals surface area contributed by atoms with Gasteiger partial charge in [0.1, 0.15) is 0 Å². The third-order valence-corrected chi connectivity index (χ3v) is 2.47. The Kier molecular flexibility index (Phi) is 8.36. The maximum Gasteiger partial charge on any atom is 0.251 e. The molecule has 0 aliphatic heterocycles. The summed E-state index contributed by atoms with van der Waals surface area (Å²) in [6.45, 7) is 1.06. The van der Waals surface area contributed by atoms with Gasteiger partial charge in [-0.25, -0.2) is 0 Å². The number of carbonyl (C=O) groups excluding carboxylic acids is 2. The summed E-state index contributed by atoms with van der Waals surface area (Å²) in [7, 11) is 0. The summed E-state index contributed by atoms with van der Waals surface area (Å²) in [5, 5.41) is 5.53. The van der Waals surface area contributed by atoms with Crippen LogP contribution in [0.4, 0.5) is 0 Å². The Morgan fingerprint density at radius 1 is 1.28 bits per heavy atom. The van der Waals surface area contributed by atoms with E-state index in [-0.39, 0.29) is 24.9 Å². The number of hydrogen-bond acceptors (Lipinski definition) is 3. The van der Waals surface area contributed by atoms with Crippen LogP contribution >= 0.6 is 28.3 Å². The molecule has 0 atom stereocenters. The summed E-state index contributed by atoms with van der Waals surface area (Å²) in [6.07, 6.45) is 0. The van der Waals surface area contributed by atoms with Crippen LogP contribution in [0.2, 0.25) is 0 Å². The highest BCUT2D eigenvalue weighted by molar-refractivity contribution is 9.10. The van der Waals surface area contributed by atoms with Gasteiger partial charge in [0.2, 0.25) is 5.91 Å². The first-order valence-electron chi connectivity index (χ1n) is 5.12. The lowest BCUT2D eigenvalue weighted by Gasteiger charge is -2.06. The van der Waals surface area contributed by atoms with Crippen LogP contribution in [0.1, 0.15) is 10.4 Å². The van der Waals surface area contributed by atoms with Crippen molar-refractivity contribution in [3.05, 3.63) is 34.3 Å². The predicted octanol–water partition coefficient (Wildman–Crippen LogP) is 0.676. The van der Waals surface area contributed by atoms with E-state index in [4.69, 9.17) is 5.73 Å². The van der Waals surface area contributed by atoms with Crippen LogP contribution in [0.3, 0.4) is 0 Å². The van der Waals surface area contributed by atoms with Crippen molar-refractivity contribution >= 4 is 40.2 Å². The number of hydrogen-bond donors (Lipinski definition) is 3. The van der Waals surface area contributed by atoms with E-state index in [2.05, 4.69) is 26.6 Å². The predicted molar refractivity (Wildman–Crippen MR) is 75.8 cm³/mol. The fourth-order valence-corrected chi connectivity index (χ4v) is 1.61. The standard InChI is InChI=1S/C11H14BrN3O2.ClH/c12-9-3-1-2-8(6-9)11(17)15-5-4-14-7-10(13)16;/h1-3,6,14H,4-5,7H2,(H2,13,16)(H,15,17);1H. The normalized spacial score (nSPS) is 9.39. The Morgan fingerprint density at radius 3 is 2.61 bits per heavy atom. The topological polar surface area (TPSA) is 84.2 Å². The maximum absolute atomic E-state index is 11.6. The smallest absolute Gasteiger partial charge is 0.251 e. The van der Waals surface area contributed by atoms with Gasteiger partial charge in [-0.3, -0.25) is 9.59 Å². The zero-order valence-electron chi connectivity index (χ0n) is 9.61. The van der Waals surface area contributed by atoms with Crippen LogP contribution in [-0.4, -0.2) is 31.4 Å². The third-order valence-electron chi connectivity index (χ3n) is 1.97. The van der Waals surface area contributed by atoms with E-state index in [1.807, 2.05) is 6.07 Å². The molecule has 7 heteroatoms. The van der Waals surface area contributed by atoms with Gasteiger partial charge in [-0.2, -0.15) is 0 Å². The quantitative estimate of drug-likeness (QED) is 0.668. The van der Waals surface area contributed by atoms with E-state index < -0.39 is 5.91 Å². The lowest BCUT2D eigenvalue weighted by molar-refractivity contribution is -0.117. The second-order valence-electron chi connectivity index (χ2n) is 3.41. The van der Waals surface area contributed by atoms with Crippen molar-refractivity contribution in [1.82, 2.24) is 10.6 Å². The van der Waals surface area contributed by atoms with Crippen LogP contribution in [0.15, 0.2) is 28.7 Å². The molecule has 2 amide bonds. The zero-order valence-corrected chi connectivity index (χ0v) is 12.0. The summed E-state index contributed by atoms with van der Waals surface area (Å²) < 4.78 is 0.858. The molecule has 4 N–H and O–H groups in total. The Labute approximate surface area is 120 Å². The van der Waals surface area contributed by atoms with Crippen LogP contribution < -0.4 is 16.4 Å². The molecule has 0 spiro atoms. The van der Waals surface area contributed by atoms with Gasteiger partial charge in [0.15, 0.2) is 0 Å². The van der Waals surface area contributed by atoms with Crippen molar-refractivity contribution in [1.29, 1.82) is 0 Å². The molecule has 0 unspecified atom stereocenters. The molecule has 18 heavy (non-hydrogen) atoms. The number of nitrogens with one attached hydrogen (secondary N) is 2. The first-order valence-corrected chi connectivity index (χ1v) is 5.91. The minimum absolute atomic E-state index is 0. The van der Waals surface area contributed by atoms with Gasteiger partial charge in [0.05, 0.1) is 6.54 Å². The third kappa shape index (κ3) is 6.58. The molecule has 0 aliphatic rings. The number of amides is 2. The molecule has 5 nitrogen and oxygen atoms in total. The van der Waals surface area contributed by atoms with Gasteiger partial charge in [0.25, 0.3) is 5.91 Å². The summed E-state index contributed by atoms with van der Waals surface area (Å²) in [5.74, 6) is -0.560. The van der Waals surface area contributed by atoms with Crippen LogP contribution in [0, 0.1) is 0 Å². The lowest BCUT2D eigenvalue weighted by atomic mass is 10.2. The largest absolute Gasteiger partial charge is 0.369 e. The first-order chi connectivity index (χ1) is 8.09. The highest BCUT2D eigenvalue weighted by Crippen LogP contribution is 2.11. The van der Waals surface area contributed by atoms with E-state index in [1.165, 1.54) is 0 Å². The van der Waals surface area contributed by atoms with Gasteiger partial charge < -0.3 is 16.4 Å². The Balaban J connectivity index is 0.00000289. The molecule has 1 rings (SSSR count). The molecule has 0 saturated heterocycles. The SMILES string of the molecule is Cl.NC(=O)CNCCNC(=O)c1cccc(Br)c1. The van der Waals surface area contributed by atoms with Crippen molar-refractivity contribution in [3.63, 3.8) is 0 Å².